The molecule has 0 aromatic carbocycles. The Hall–Kier alpha value is -0.570. The van der Waals surface area contributed by atoms with Crippen molar-refractivity contribution >= 4 is 5.97 Å². The van der Waals surface area contributed by atoms with E-state index in [1.807, 2.05) is 0 Å². The van der Waals surface area contributed by atoms with Crippen molar-refractivity contribution in [2.75, 3.05) is 6.54 Å². The van der Waals surface area contributed by atoms with Crippen LogP contribution in [0.4, 0.5) is 0 Å². The van der Waals surface area contributed by atoms with E-state index >= 15 is 0 Å². The lowest BCUT2D eigenvalue weighted by molar-refractivity contribution is -0.146. The molecule has 2 N–H and O–H groups in total. The van der Waals surface area contributed by atoms with Crippen LogP contribution in [0.25, 0.3) is 0 Å². The molecule has 0 aliphatic heterocycles. The maximum Gasteiger partial charge on any atom is 0.308 e. The van der Waals surface area contributed by atoms with Gasteiger partial charge in [-0.15, -0.1) is 0 Å². The molecular formula is C11H21NO2. The van der Waals surface area contributed by atoms with E-state index in [1.165, 1.54) is 0 Å². The first-order chi connectivity index (χ1) is 6.46. The van der Waals surface area contributed by atoms with E-state index in [2.05, 4.69) is 26.1 Å². The minimum absolute atomic E-state index is 0.150. The molecule has 0 aromatic rings. The average Bonchev–Trinajstić information content (AvgIpc) is 2.01. The Balaban J connectivity index is 2.29. The molecule has 1 fully saturated rings. The van der Waals surface area contributed by atoms with Gasteiger partial charge in [-0.1, -0.05) is 20.8 Å². The molecule has 0 spiro atoms. The molecular weight excluding hydrogens is 178 g/mol. The van der Waals surface area contributed by atoms with E-state index in [-0.39, 0.29) is 17.4 Å². The summed E-state index contributed by atoms with van der Waals surface area (Å²) in [6.45, 7) is 7.48. The number of carboxylic acid groups (broad SMARTS) is 1. The second-order valence-electron chi connectivity index (χ2n) is 5.03. The Bertz CT molecular complexity index is 213. The van der Waals surface area contributed by atoms with Gasteiger partial charge in [0.1, 0.15) is 0 Å². The summed E-state index contributed by atoms with van der Waals surface area (Å²) in [5.74, 6) is -0.800. The normalized spacial score (nSPS) is 27.1. The lowest BCUT2D eigenvalue weighted by Gasteiger charge is -2.36. The van der Waals surface area contributed by atoms with Crippen LogP contribution in [-0.4, -0.2) is 23.7 Å². The van der Waals surface area contributed by atoms with Crippen LogP contribution in [0.5, 0.6) is 0 Å². The number of nitrogens with one attached hydrogen (secondary N) is 1. The topological polar surface area (TPSA) is 49.3 Å². The van der Waals surface area contributed by atoms with Gasteiger partial charge in [0.05, 0.1) is 5.92 Å². The SMILES string of the molecule is CCC(C)(C)CNC1CCC1C(=O)O. The van der Waals surface area contributed by atoms with Crippen LogP contribution in [0.1, 0.15) is 40.0 Å². The highest BCUT2D eigenvalue weighted by Crippen LogP contribution is 2.28. The molecule has 1 aliphatic carbocycles. The van der Waals surface area contributed by atoms with Gasteiger partial charge >= 0.3 is 5.97 Å². The lowest BCUT2D eigenvalue weighted by atomic mass is 9.78. The third-order valence-corrected chi connectivity index (χ3v) is 3.39. The predicted molar refractivity (Wildman–Crippen MR) is 56.2 cm³/mol. The summed E-state index contributed by atoms with van der Waals surface area (Å²) < 4.78 is 0. The van der Waals surface area contributed by atoms with Gasteiger partial charge in [-0.25, -0.2) is 0 Å². The fourth-order valence-electron chi connectivity index (χ4n) is 1.57. The van der Waals surface area contributed by atoms with Crippen molar-refractivity contribution in [1.82, 2.24) is 5.32 Å². The fourth-order valence-corrected chi connectivity index (χ4v) is 1.57. The summed E-state index contributed by atoms with van der Waals surface area (Å²) in [5.41, 5.74) is 0.276. The van der Waals surface area contributed by atoms with Gasteiger partial charge in [-0.2, -0.15) is 0 Å². The highest BCUT2D eigenvalue weighted by atomic mass is 16.4. The molecule has 1 saturated carbocycles. The third-order valence-electron chi connectivity index (χ3n) is 3.39. The molecule has 1 rings (SSSR count). The zero-order valence-electron chi connectivity index (χ0n) is 9.34. The van der Waals surface area contributed by atoms with E-state index in [1.54, 1.807) is 0 Å². The number of carbonyl (C=O) groups is 1. The smallest absolute Gasteiger partial charge is 0.308 e. The monoisotopic (exact) mass is 199 g/mol. The Kier molecular flexibility index (Phi) is 3.53. The standard InChI is InChI=1S/C11H21NO2/c1-4-11(2,3)7-12-9-6-5-8(9)10(13)14/h8-9,12H,4-7H2,1-3H3,(H,13,14). The number of hydrogen-bond donors (Lipinski definition) is 2. The van der Waals surface area contributed by atoms with Gasteiger partial charge in [0.2, 0.25) is 0 Å². The molecule has 3 nitrogen and oxygen atoms in total. The zero-order valence-corrected chi connectivity index (χ0v) is 9.34. The Morgan fingerprint density at radius 2 is 2.14 bits per heavy atom. The minimum atomic E-state index is -0.650. The average molecular weight is 199 g/mol. The Labute approximate surface area is 85.9 Å². The van der Waals surface area contributed by atoms with Crippen LogP contribution in [0.15, 0.2) is 0 Å². The van der Waals surface area contributed by atoms with Crippen LogP contribution in [0, 0.1) is 11.3 Å². The molecule has 0 aromatic heterocycles. The summed E-state index contributed by atoms with van der Waals surface area (Å²) >= 11 is 0. The maximum atomic E-state index is 10.7. The molecule has 0 radical (unpaired) electrons. The van der Waals surface area contributed by atoms with Gasteiger partial charge in [-0.3, -0.25) is 4.79 Å². The van der Waals surface area contributed by atoms with Crippen molar-refractivity contribution in [1.29, 1.82) is 0 Å². The van der Waals surface area contributed by atoms with Gasteiger partial charge in [0.25, 0.3) is 0 Å². The van der Waals surface area contributed by atoms with Crippen molar-refractivity contribution in [3.8, 4) is 0 Å². The van der Waals surface area contributed by atoms with Crippen LogP contribution in [0.2, 0.25) is 0 Å². The van der Waals surface area contributed by atoms with Crippen molar-refractivity contribution in [2.24, 2.45) is 11.3 Å². The molecule has 2 unspecified atom stereocenters. The number of rotatable bonds is 5. The van der Waals surface area contributed by atoms with Gasteiger partial charge in [0, 0.05) is 12.6 Å². The molecule has 82 valence electrons. The van der Waals surface area contributed by atoms with Gasteiger partial charge < -0.3 is 10.4 Å². The van der Waals surface area contributed by atoms with E-state index in [0.29, 0.717) is 0 Å². The van der Waals surface area contributed by atoms with E-state index in [0.717, 1.165) is 25.8 Å². The number of aliphatic carboxylic acids is 1. The summed E-state index contributed by atoms with van der Waals surface area (Å²) in [4.78, 5) is 10.7. The van der Waals surface area contributed by atoms with Crippen LogP contribution in [-0.2, 0) is 4.79 Å². The quantitative estimate of drug-likeness (QED) is 0.710. The predicted octanol–water partition coefficient (Wildman–Crippen LogP) is 1.88. The lowest BCUT2D eigenvalue weighted by Crippen LogP contribution is -2.50. The summed E-state index contributed by atoms with van der Waals surface area (Å²) in [6, 6.07) is 0.207. The zero-order chi connectivity index (χ0) is 10.8. The summed E-state index contributed by atoms with van der Waals surface area (Å²) in [7, 11) is 0. The van der Waals surface area contributed by atoms with Crippen LogP contribution < -0.4 is 5.32 Å². The molecule has 3 heteroatoms. The molecule has 0 amide bonds. The molecule has 2 atom stereocenters. The van der Waals surface area contributed by atoms with Crippen molar-refractivity contribution in [3.63, 3.8) is 0 Å². The minimum Gasteiger partial charge on any atom is -0.481 e. The highest BCUT2D eigenvalue weighted by Gasteiger charge is 2.36. The van der Waals surface area contributed by atoms with Crippen molar-refractivity contribution in [2.45, 2.75) is 46.1 Å². The molecule has 0 bridgehead atoms. The Morgan fingerprint density at radius 1 is 1.50 bits per heavy atom. The second kappa shape index (κ2) is 4.30. The summed E-state index contributed by atoms with van der Waals surface area (Å²) in [5, 5.41) is 12.2. The molecule has 14 heavy (non-hydrogen) atoms. The first kappa shape index (κ1) is 11.5. The Morgan fingerprint density at radius 3 is 2.50 bits per heavy atom. The van der Waals surface area contributed by atoms with Crippen LogP contribution in [0.3, 0.4) is 0 Å². The van der Waals surface area contributed by atoms with Crippen molar-refractivity contribution in [3.05, 3.63) is 0 Å². The highest BCUT2D eigenvalue weighted by molar-refractivity contribution is 5.72. The molecule has 1 aliphatic rings. The van der Waals surface area contributed by atoms with Crippen molar-refractivity contribution < 1.29 is 9.90 Å². The molecule has 0 saturated heterocycles. The summed E-state index contributed by atoms with van der Waals surface area (Å²) in [6.07, 6.45) is 2.96. The van der Waals surface area contributed by atoms with E-state index < -0.39 is 5.97 Å². The third kappa shape index (κ3) is 2.71. The van der Waals surface area contributed by atoms with E-state index in [4.69, 9.17) is 5.11 Å². The number of carboxylic acids is 1. The maximum absolute atomic E-state index is 10.7. The van der Waals surface area contributed by atoms with Gasteiger partial charge in [0.15, 0.2) is 0 Å². The molecule has 0 heterocycles. The largest absolute Gasteiger partial charge is 0.481 e. The fraction of sp³-hybridized carbons (Fsp3) is 0.909. The first-order valence-electron chi connectivity index (χ1n) is 5.42. The van der Waals surface area contributed by atoms with Gasteiger partial charge in [-0.05, 0) is 24.7 Å². The number of hydrogen-bond acceptors (Lipinski definition) is 2. The van der Waals surface area contributed by atoms with E-state index in [9.17, 15) is 4.79 Å². The van der Waals surface area contributed by atoms with Crippen LogP contribution >= 0.6 is 0 Å². The second-order valence-corrected chi connectivity index (χ2v) is 5.03. The first-order valence-corrected chi connectivity index (χ1v) is 5.42.